The zero-order valence-electron chi connectivity index (χ0n) is 14.3. The summed E-state index contributed by atoms with van der Waals surface area (Å²) in [6, 6.07) is 9.65. The summed E-state index contributed by atoms with van der Waals surface area (Å²) in [4.78, 5) is 11.9. The van der Waals surface area contributed by atoms with Crippen molar-refractivity contribution in [3.63, 3.8) is 0 Å². The fourth-order valence-electron chi connectivity index (χ4n) is 2.36. The van der Waals surface area contributed by atoms with Crippen LogP contribution in [0.15, 0.2) is 42.7 Å². The van der Waals surface area contributed by atoms with E-state index in [1.54, 1.807) is 6.20 Å². The van der Waals surface area contributed by atoms with E-state index < -0.39 is 0 Å². The van der Waals surface area contributed by atoms with Crippen molar-refractivity contribution in [3.05, 3.63) is 53.9 Å². The molecule has 1 heterocycles. The highest BCUT2D eigenvalue weighted by atomic mass is 16.3. The van der Waals surface area contributed by atoms with Crippen molar-refractivity contribution in [2.45, 2.75) is 39.5 Å². The summed E-state index contributed by atoms with van der Waals surface area (Å²) in [6.45, 7) is 5.51. The van der Waals surface area contributed by atoms with E-state index in [1.807, 2.05) is 55.1 Å². The Hall–Kier alpha value is -2.34. The molecular weight excluding hydrogens is 304 g/mol. The van der Waals surface area contributed by atoms with Crippen molar-refractivity contribution in [3.8, 4) is 0 Å². The molecule has 2 rings (SSSR count). The maximum atomic E-state index is 11.9. The molecule has 0 aliphatic rings. The molecule has 3 N–H and O–H groups in total. The molecule has 0 saturated heterocycles. The lowest BCUT2D eigenvalue weighted by Gasteiger charge is -2.15. The number of amides is 2. The standard InChI is InChI=1S/C18H26N4O2/c1-14(2)17(23)8-10-19-18(24)20-12-15-6-3-4-7-16(15)13-22-11-5-9-21-22/h3-7,9,11,14,17,23H,8,10,12-13H2,1-2H3,(H2,19,20,24). The molecule has 0 aliphatic carbocycles. The molecule has 6 heteroatoms. The van der Waals surface area contributed by atoms with Crippen molar-refractivity contribution >= 4 is 6.03 Å². The van der Waals surface area contributed by atoms with Gasteiger partial charge in [0.1, 0.15) is 0 Å². The third kappa shape index (κ3) is 5.70. The van der Waals surface area contributed by atoms with Crippen LogP contribution in [0, 0.1) is 5.92 Å². The highest BCUT2D eigenvalue weighted by Gasteiger charge is 2.10. The van der Waals surface area contributed by atoms with Crippen LogP contribution in [0.2, 0.25) is 0 Å². The van der Waals surface area contributed by atoms with E-state index >= 15 is 0 Å². The maximum Gasteiger partial charge on any atom is 0.315 e. The maximum absolute atomic E-state index is 11.9. The fraction of sp³-hybridized carbons (Fsp3) is 0.444. The first-order valence-electron chi connectivity index (χ1n) is 8.30. The lowest BCUT2D eigenvalue weighted by Crippen LogP contribution is -2.37. The largest absolute Gasteiger partial charge is 0.393 e. The Kier molecular flexibility index (Phi) is 6.81. The second-order valence-corrected chi connectivity index (χ2v) is 6.18. The summed E-state index contributed by atoms with van der Waals surface area (Å²) in [5.41, 5.74) is 2.18. The first-order chi connectivity index (χ1) is 11.6. The van der Waals surface area contributed by atoms with Crippen LogP contribution in [-0.2, 0) is 13.1 Å². The zero-order chi connectivity index (χ0) is 17.4. The number of urea groups is 1. The summed E-state index contributed by atoms with van der Waals surface area (Å²) < 4.78 is 1.85. The molecule has 1 aromatic heterocycles. The van der Waals surface area contributed by atoms with Gasteiger partial charge in [0, 0.05) is 25.5 Å². The van der Waals surface area contributed by atoms with Gasteiger partial charge in [-0.1, -0.05) is 38.1 Å². The van der Waals surface area contributed by atoms with Crippen LogP contribution < -0.4 is 10.6 Å². The molecule has 0 spiro atoms. The van der Waals surface area contributed by atoms with Crippen LogP contribution in [0.1, 0.15) is 31.4 Å². The third-order valence-electron chi connectivity index (χ3n) is 3.94. The molecule has 0 bridgehead atoms. The lowest BCUT2D eigenvalue weighted by molar-refractivity contribution is 0.116. The number of aliphatic hydroxyl groups excluding tert-OH is 1. The highest BCUT2D eigenvalue weighted by Crippen LogP contribution is 2.10. The second-order valence-electron chi connectivity index (χ2n) is 6.18. The third-order valence-corrected chi connectivity index (χ3v) is 3.94. The van der Waals surface area contributed by atoms with Crippen molar-refractivity contribution in [2.24, 2.45) is 5.92 Å². The van der Waals surface area contributed by atoms with Gasteiger partial charge >= 0.3 is 6.03 Å². The van der Waals surface area contributed by atoms with E-state index in [-0.39, 0.29) is 18.1 Å². The van der Waals surface area contributed by atoms with Gasteiger partial charge in [-0.3, -0.25) is 4.68 Å². The minimum Gasteiger partial charge on any atom is -0.393 e. The predicted octanol–water partition coefficient (Wildman–Crippen LogP) is 2.14. The fourth-order valence-corrected chi connectivity index (χ4v) is 2.36. The molecule has 1 aromatic carbocycles. The molecule has 0 aliphatic heterocycles. The molecule has 2 aromatic rings. The van der Waals surface area contributed by atoms with Gasteiger partial charge in [-0.25, -0.2) is 4.79 Å². The minimum absolute atomic E-state index is 0.198. The number of benzene rings is 1. The van der Waals surface area contributed by atoms with E-state index in [2.05, 4.69) is 15.7 Å². The molecule has 0 radical (unpaired) electrons. The van der Waals surface area contributed by atoms with E-state index in [9.17, 15) is 9.90 Å². The SMILES string of the molecule is CC(C)C(O)CCNC(=O)NCc1ccccc1Cn1cccn1. The normalized spacial score (nSPS) is 12.2. The van der Waals surface area contributed by atoms with Crippen LogP contribution in [-0.4, -0.2) is 33.6 Å². The molecule has 6 nitrogen and oxygen atoms in total. The van der Waals surface area contributed by atoms with Gasteiger partial charge < -0.3 is 15.7 Å². The van der Waals surface area contributed by atoms with Gasteiger partial charge in [-0.05, 0) is 29.5 Å². The van der Waals surface area contributed by atoms with Crippen LogP contribution >= 0.6 is 0 Å². The van der Waals surface area contributed by atoms with E-state index in [4.69, 9.17) is 0 Å². The quantitative estimate of drug-likeness (QED) is 0.694. The molecule has 2 amide bonds. The van der Waals surface area contributed by atoms with Gasteiger partial charge in [0.2, 0.25) is 0 Å². The average molecular weight is 330 g/mol. The van der Waals surface area contributed by atoms with Gasteiger partial charge in [0.25, 0.3) is 0 Å². The number of nitrogens with zero attached hydrogens (tertiary/aromatic N) is 2. The number of nitrogens with one attached hydrogen (secondary N) is 2. The van der Waals surface area contributed by atoms with Crippen molar-refractivity contribution in [1.82, 2.24) is 20.4 Å². The summed E-state index contributed by atoms with van der Waals surface area (Å²) in [6.07, 6.45) is 3.83. The Morgan fingerprint density at radius 1 is 1.21 bits per heavy atom. The van der Waals surface area contributed by atoms with Crippen LogP contribution in [0.25, 0.3) is 0 Å². The molecule has 0 fully saturated rings. The molecular formula is C18H26N4O2. The lowest BCUT2D eigenvalue weighted by atomic mass is 10.0. The number of aromatic nitrogens is 2. The van der Waals surface area contributed by atoms with Crippen LogP contribution in [0.5, 0.6) is 0 Å². The average Bonchev–Trinajstić information content (AvgIpc) is 3.07. The number of carbonyl (C=O) groups is 1. The first kappa shape index (κ1) is 18.0. The summed E-state index contributed by atoms with van der Waals surface area (Å²) in [7, 11) is 0. The Balaban J connectivity index is 1.80. The minimum atomic E-state index is -0.389. The molecule has 130 valence electrons. The molecule has 1 unspecified atom stereocenters. The molecule has 1 atom stereocenters. The smallest absolute Gasteiger partial charge is 0.315 e. The van der Waals surface area contributed by atoms with Gasteiger partial charge in [0.15, 0.2) is 0 Å². The van der Waals surface area contributed by atoms with Crippen molar-refractivity contribution in [2.75, 3.05) is 6.54 Å². The van der Waals surface area contributed by atoms with Gasteiger partial charge in [-0.2, -0.15) is 5.10 Å². The topological polar surface area (TPSA) is 79.2 Å². The van der Waals surface area contributed by atoms with Crippen molar-refractivity contribution < 1.29 is 9.90 Å². The van der Waals surface area contributed by atoms with Crippen molar-refractivity contribution in [1.29, 1.82) is 0 Å². The van der Waals surface area contributed by atoms with E-state index in [1.165, 1.54) is 0 Å². The Morgan fingerprint density at radius 3 is 2.62 bits per heavy atom. The predicted molar refractivity (Wildman–Crippen MR) is 93.5 cm³/mol. The summed E-state index contributed by atoms with van der Waals surface area (Å²) in [5.74, 6) is 0.198. The zero-order valence-corrected chi connectivity index (χ0v) is 14.3. The van der Waals surface area contributed by atoms with Crippen LogP contribution in [0.3, 0.4) is 0 Å². The highest BCUT2D eigenvalue weighted by molar-refractivity contribution is 5.73. The van der Waals surface area contributed by atoms with Crippen LogP contribution in [0.4, 0.5) is 4.79 Å². The molecule has 24 heavy (non-hydrogen) atoms. The number of hydrogen-bond donors (Lipinski definition) is 3. The van der Waals surface area contributed by atoms with Gasteiger partial charge in [0.05, 0.1) is 12.6 Å². The number of rotatable bonds is 8. The Bertz CT molecular complexity index is 626. The van der Waals surface area contributed by atoms with E-state index in [0.717, 1.165) is 11.1 Å². The number of hydrogen-bond acceptors (Lipinski definition) is 3. The Labute approximate surface area is 142 Å². The number of carbonyl (C=O) groups excluding carboxylic acids is 1. The first-order valence-corrected chi connectivity index (χ1v) is 8.30. The summed E-state index contributed by atoms with van der Waals surface area (Å²) in [5, 5.41) is 19.6. The number of aliphatic hydroxyl groups is 1. The van der Waals surface area contributed by atoms with E-state index in [0.29, 0.717) is 26.1 Å². The Morgan fingerprint density at radius 2 is 1.96 bits per heavy atom. The summed E-state index contributed by atoms with van der Waals surface area (Å²) >= 11 is 0. The van der Waals surface area contributed by atoms with Gasteiger partial charge in [-0.15, -0.1) is 0 Å². The molecule has 0 saturated carbocycles. The second kappa shape index (κ2) is 9.08. The monoisotopic (exact) mass is 330 g/mol.